The molecular formula is C24H31BrN2O4. The summed E-state index contributed by atoms with van der Waals surface area (Å²) in [5, 5.41) is 2.83. The standard InChI is InChI=1S/C24H31BrN2O4/c1-5-17-11-12-22(20(25)14-17)31-16-23(28)27(21(6-2)24(29)26-7-3)15-18-9-8-10-19(13-18)30-4/h8-14,21H,5-7,15-16H2,1-4H3,(H,26,29)/t21-/m0/s1. The number of nitrogens with zero attached hydrogens (tertiary/aromatic N) is 1. The molecule has 6 nitrogen and oxygen atoms in total. The number of aryl methyl sites for hydroxylation is 1. The summed E-state index contributed by atoms with van der Waals surface area (Å²) in [6.45, 7) is 6.46. The van der Waals surface area contributed by atoms with Gasteiger partial charge in [-0.15, -0.1) is 0 Å². The number of likely N-dealkylation sites (N-methyl/N-ethyl adjacent to an activating group) is 1. The maximum atomic E-state index is 13.2. The van der Waals surface area contributed by atoms with Crippen LogP contribution in [0.3, 0.4) is 0 Å². The SMILES string of the molecule is CCNC(=O)[C@H](CC)N(Cc1cccc(OC)c1)C(=O)COc1ccc(CC)cc1Br. The average molecular weight is 491 g/mol. The first-order valence-corrected chi connectivity index (χ1v) is 11.3. The molecule has 0 aliphatic heterocycles. The molecule has 2 rings (SSSR count). The lowest BCUT2D eigenvalue weighted by atomic mass is 10.1. The molecule has 0 aliphatic rings. The van der Waals surface area contributed by atoms with Crippen molar-refractivity contribution in [1.82, 2.24) is 10.2 Å². The molecule has 2 aromatic carbocycles. The second-order valence-corrected chi connectivity index (χ2v) is 7.95. The number of ether oxygens (including phenoxy) is 2. The van der Waals surface area contributed by atoms with Gasteiger partial charge in [0.25, 0.3) is 5.91 Å². The molecule has 0 heterocycles. The van der Waals surface area contributed by atoms with Gasteiger partial charge in [0.05, 0.1) is 11.6 Å². The molecule has 0 saturated heterocycles. The maximum Gasteiger partial charge on any atom is 0.261 e. The Balaban J connectivity index is 2.23. The van der Waals surface area contributed by atoms with E-state index in [0.29, 0.717) is 24.5 Å². The fourth-order valence-electron chi connectivity index (χ4n) is 3.28. The van der Waals surface area contributed by atoms with E-state index in [2.05, 4.69) is 28.2 Å². The Morgan fingerprint density at radius 1 is 1.10 bits per heavy atom. The van der Waals surface area contributed by atoms with Crippen molar-refractivity contribution in [1.29, 1.82) is 0 Å². The first-order valence-electron chi connectivity index (χ1n) is 10.5. The van der Waals surface area contributed by atoms with Gasteiger partial charge < -0.3 is 19.7 Å². The molecule has 0 aromatic heterocycles. The van der Waals surface area contributed by atoms with E-state index in [0.717, 1.165) is 16.5 Å². The Hall–Kier alpha value is -2.54. The van der Waals surface area contributed by atoms with Gasteiger partial charge in [-0.1, -0.05) is 32.0 Å². The average Bonchev–Trinajstić information content (AvgIpc) is 2.78. The second-order valence-electron chi connectivity index (χ2n) is 7.10. The minimum atomic E-state index is -0.590. The van der Waals surface area contributed by atoms with Crippen molar-refractivity contribution in [3.63, 3.8) is 0 Å². The summed E-state index contributed by atoms with van der Waals surface area (Å²) >= 11 is 3.50. The molecule has 0 fully saturated rings. The highest BCUT2D eigenvalue weighted by molar-refractivity contribution is 9.10. The molecule has 0 unspecified atom stereocenters. The number of amides is 2. The first kappa shape index (κ1) is 24.7. The van der Waals surface area contributed by atoms with Gasteiger partial charge >= 0.3 is 0 Å². The molecule has 0 aliphatic carbocycles. The van der Waals surface area contributed by atoms with Crippen LogP contribution in [-0.4, -0.2) is 43.0 Å². The third-order valence-corrected chi connectivity index (χ3v) is 5.60. The van der Waals surface area contributed by atoms with Crippen LogP contribution in [0.2, 0.25) is 0 Å². The number of carbonyl (C=O) groups is 2. The monoisotopic (exact) mass is 490 g/mol. The van der Waals surface area contributed by atoms with Gasteiger partial charge in [0.15, 0.2) is 6.61 Å². The van der Waals surface area contributed by atoms with Crippen LogP contribution in [0.25, 0.3) is 0 Å². The topological polar surface area (TPSA) is 67.9 Å². The summed E-state index contributed by atoms with van der Waals surface area (Å²) in [5.41, 5.74) is 2.05. The Morgan fingerprint density at radius 2 is 1.87 bits per heavy atom. The van der Waals surface area contributed by atoms with Crippen molar-refractivity contribution in [3.05, 3.63) is 58.1 Å². The van der Waals surface area contributed by atoms with Crippen LogP contribution in [0.4, 0.5) is 0 Å². The summed E-state index contributed by atoms with van der Waals surface area (Å²) in [5.74, 6) is 0.868. The molecule has 0 bridgehead atoms. The quantitative estimate of drug-likeness (QED) is 0.508. The largest absolute Gasteiger partial charge is 0.497 e. The molecule has 1 atom stereocenters. The van der Waals surface area contributed by atoms with Crippen LogP contribution in [0.5, 0.6) is 11.5 Å². The predicted octanol–water partition coefficient (Wildman–Crippen LogP) is 4.34. The fourth-order valence-corrected chi connectivity index (χ4v) is 3.82. The van der Waals surface area contributed by atoms with Crippen molar-refractivity contribution >= 4 is 27.7 Å². The van der Waals surface area contributed by atoms with Gasteiger partial charge in [0, 0.05) is 13.1 Å². The van der Waals surface area contributed by atoms with Crippen molar-refractivity contribution in [2.75, 3.05) is 20.3 Å². The summed E-state index contributed by atoms with van der Waals surface area (Å²) in [6.07, 6.45) is 1.41. The molecule has 31 heavy (non-hydrogen) atoms. The van der Waals surface area contributed by atoms with Crippen molar-refractivity contribution in [2.45, 2.75) is 46.2 Å². The molecule has 2 aromatic rings. The van der Waals surface area contributed by atoms with Crippen molar-refractivity contribution < 1.29 is 19.1 Å². The lowest BCUT2D eigenvalue weighted by molar-refractivity contribution is -0.142. The van der Waals surface area contributed by atoms with Gasteiger partial charge in [-0.25, -0.2) is 0 Å². The second kappa shape index (κ2) is 12.3. The zero-order chi connectivity index (χ0) is 22.8. The molecule has 168 valence electrons. The van der Waals surface area contributed by atoms with Crippen LogP contribution in [0.1, 0.15) is 38.3 Å². The Labute approximate surface area is 193 Å². The van der Waals surface area contributed by atoms with Crippen molar-refractivity contribution in [3.8, 4) is 11.5 Å². The molecule has 0 spiro atoms. The van der Waals surface area contributed by atoms with Gasteiger partial charge in [-0.05, 0) is 71.1 Å². The van der Waals surface area contributed by atoms with E-state index < -0.39 is 6.04 Å². The van der Waals surface area contributed by atoms with Crippen LogP contribution >= 0.6 is 15.9 Å². The summed E-state index contributed by atoms with van der Waals surface area (Å²) < 4.78 is 11.9. The normalized spacial score (nSPS) is 11.5. The maximum absolute atomic E-state index is 13.2. The zero-order valence-corrected chi connectivity index (χ0v) is 20.2. The minimum absolute atomic E-state index is 0.163. The third kappa shape index (κ3) is 6.99. The number of hydrogen-bond donors (Lipinski definition) is 1. The lowest BCUT2D eigenvalue weighted by Crippen LogP contribution is -2.50. The predicted molar refractivity (Wildman–Crippen MR) is 125 cm³/mol. The fraction of sp³-hybridized carbons (Fsp3) is 0.417. The van der Waals surface area contributed by atoms with E-state index >= 15 is 0 Å². The molecule has 7 heteroatoms. The molecule has 0 saturated carbocycles. The highest BCUT2D eigenvalue weighted by atomic mass is 79.9. The Kier molecular flexibility index (Phi) is 9.85. The Morgan fingerprint density at radius 3 is 2.48 bits per heavy atom. The number of nitrogens with one attached hydrogen (secondary N) is 1. The molecule has 2 amide bonds. The van der Waals surface area contributed by atoms with Crippen LogP contribution in [0.15, 0.2) is 46.9 Å². The number of carbonyl (C=O) groups excluding carboxylic acids is 2. The van der Waals surface area contributed by atoms with Crippen molar-refractivity contribution in [2.24, 2.45) is 0 Å². The highest BCUT2D eigenvalue weighted by Gasteiger charge is 2.28. The number of methoxy groups -OCH3 is 1. The highest BCUT2D eigenvalue weighted by Crippen LogP contribution is 2.26. The van der Waals surface area contributed by atoms with Gasteiger partial charge in [-0.3, -0.25) is 9.59 Å². The zero-order valence-electron chi connectivity index (χ0n) is 18.6. The van der Waals surface area contributed by atoms with E-state index in [-0.39, 0.29) is 25.0 Å². The van der Waals surface area contributed by atoms with E-state index in [9.17, 15) is 9.59 Å². The van der Waals surface area contributed by atoms with Crippen LogP contribution < -0.4 is 14.8 Å². The van der Waals surface area contributed by atoms with E-state index in [4.69, 9.17) is 9.47 Å². The van der Waals surface area contributed by atoms with E-state index in [1.807, 2.05) is 56.3 Å². The molecule has 1 N–H and O–H groups in total. The summed E-state index contributed by atoms with van der Waals surface area (Å²) in [4.78, 5) is 27.4. The smallest absolute Gasteiger partial charge is 0.261 e. The number of rotatable bonds is 11. The van der Waals surface area contributed by atoms with Crippen LogP contribution in [0, 0.1) is 0 Å². The minimum Gasteiger partial charge on any atom is -0.497 e. The van der Waals surface area contributed by atoms with Crippen LogP contribution in [-0.2, 0) is 22.6 Å². The molecule has 0 radical (unpaired) electrons. The number of hydrogen-bond acceptors (Lipinski definition) is 4. The summed E-state index contributed by atoms with van der Waals surface area (Å²) in [6, 6.07) is 12.7. The number of benzene rings is 2. The summed E-state index contributed by atoms with van der Waals surface area (Å²) in [7, 11) is 1.60. The first-order chi connectivity index (χ1) is 14.9. The Bertz CT molecular complexity index is 888. The van der Waals surface area contributed by atoms with Gasteiger partial charge in [0.2, 0.25) is 5.91 Å². The van der Waals surface area contributed by atoms with Gasteiger partial charge in [0.1, 0.15) is 17.5 Å². The van der Waals surface area contributed by atoms with Gasteiger partial charge in [-0.2, -0.15) is 0 Å². The number of halogens is 1. The van der Waals surface area contributed by atoms with E-state index in [1.54, 1.807) is 12.0 Å². The molecular weight excluding hydrogens is 460 g/mol. The third-order valence-electron chi connectivity index (χ3n) is 4.98. The van der Waals surface area contributed by atoms with E-state index in [1.165, 1.54) is 5.56 Å². The lowest BCUT2D eigenvalue weighted by Gasteiger charge is -2.30.